The van der Waals surface area contributed by atoms with Gasteiger partial charge in [0, 0.05) is 6.07 Å². The molecule has 184 valence electrons. The Morgan fingerprint density at radius 3 is 2.27 bits per heavy atom. The SMILES string of the molecule is C[C@H](Oc1ccc(S(=O)(=O)[C@H]2C[C@@H](C(=O)O)[C@H](C(=O)N3CC(F)(F)C3)C2)c(Cl)c1)C(F)(F)F. The molecule has 33 heavy (non-hydrogen) atoms. The van der Waals surface area contributed by atoms with E-state index in [2.05, 4.69) is 0 Å². The van der Waals surface area contributed by atoms with E-state index in [1.54, 1.807) is 0 Å². The molecule has 4 atom stereocenters. The Bertz CT molecular complexity index is 1060. The third kappa shape index (κ3) is 5.18. The van der Waals surface area contributed by atoms with Crippen molar-refractivity contribution in [1.82, 2.24) is 4.90 Å². The van der Waals surface area contributed by atoms with Crippen molar-refractivity contribution < 1.29 is 49.8 Å². The normalized spacial score (nSPS) is 25.9. The number of ether oxygens (including phenoxy) is 1. The van der Waals surface area contributed by atoms with Crippen LogP contribution in [0.15, 0.2) is 23.1 Å². The summed E-state index contributed by atoms with van der Waals surface area (Å²) >= 11 is 5.99. The first-order valence-electron chi connectivity index (χ1n) is 9.69. The molecule has 1 heterocycles. The predicted molar refractivity (Wildman–Crippen MR) is 104 cm³/mol. The number of carboxylic acids is 1. The van der Waals surface area contributed by atoms with Crippen LogP contribution in [-0.4, -0.2) is 66.8 Å². The number of nitrogens with zero attached hydrogens (tertiary/aromatic N) is 1. The lowest BCUT2D eigenvalue weighted by Gasteiger charge is -2.40. The lowest BCUT2D eigenvalue weighted by Crippen LogP contribution is -2.60. The van der Waals surface area contributed by atoms with E-state index in [0.29, 0.717) is 0 Å². The molecule has 1 saturated heterocycles. The van der Waals surface area contributed by atoms with Crippen molar-refractivity contribution >= 4 is 33.3 Å². The summed E-state index contributed by atoms with van der Waals surface area (Å²) in [6, 6.07) is 2.82. The predicted octanol–water partition coefficient (Wildman–Crippen LogP) is 3.40. The van der Waals surface area contributed by atoms with Crippen LogP contribution >= 0.6 is 11.6 Å². The van der Waals surface area contributed by atoms with E-state index in [4.69, 9.17) is 16.3 Å². The van der Waals surface area contributed by atoms with Crippen LogP contribution in [0.3, 0.4) is 0 Å². The van der Waals surface area contributed by atoms with Crippen LogP contribution in [-0.2, 0) is 19.4 Å². The van der Waals surface area contributed by atoms with Crippen LogP contribution in [0.4, 0.5) is 22.0 Å². The molecule has 1 aliphatic heterocycles. The zero-order valence-corrected chi connectivity index (χ0v) is 18.6. The summed E-state index contributed by atoms with van der Waals surface area (Å²) in [7, 11) is -4.31. The largest absolute Gasteiger partial charge is 0.481 e. The maximum absolute atomic E-state index is 13.1. The molecular weight excluding hydrogens is 501 g/mol. The van der Waals surface area contributed by atoms with Crippen LogP contribution < -0.4 is 4.74 Å². The van der Waals surface area contributed by atoms with Gasteiger partial charge in [0.1, 0.15) is 5.75 Å². The quantitative estimate of drug-likeness (QED) is 0.578. The number of likely N-dealkylation sites (tertiary alicyclic amines) is 1. The number of hydrogen-bond acceptors (Lipinski definition) is 5. The number of sulfone groups is 1. The Kier molecular flexibility index (Phi) is 6.61. The molecular formula is C19H19ClF5NO6S. The van der Waals surface area contributed by atoms with Crippen LogP contribution in [0.25, 0.3) is 0 Å². The smallest absolute Gasteiger partial charge is 0.425 e. The summed E-state index contributed by atoms with van der Waals surface area (Å²) in [5.41, 5.74) is 0. The van der Waals surface area contributed by atoms with Gasteiger partial charge < -0.3 is 14.7 Å². The van der Waals surface area contributed by atoms with Gasteiger partial charge in [-0.15, -0.1) is 0 Å². The van der Waals surface area contributed by atoms with Gasteiger partial charge in [0.15, 0.2) is 15.9 Å². The zero-order valence-electron chi connectivity index (χ0n) is 17.0. The molecule has 1 saturated carbocycles. The molecule has 1 aromatic rings. The van der Waals surface area contributed by atoms with E-state index in [9.17, 15) is 45.1 Å². The van der Waals surface area contributed by atoms with Crippen molar-refractivity contribution in [2.24, 2.45) is 11.8 Å². The minimum atomic E-state index is -4.66. The Hall–Kier alpha value is -2.15. The molecule has 1 aliphatic carbocycles. The van der Waals surface area contributed by atoms with Gasteiger partial charge in [-0.2, -0.15) is 13.2 Å². The van der Waals surface area contributed by atoms with Gasteiger partial charge in [0.05, 0.1) is 40.1 Å². The molecule has 0 bridgehead atoms. The molecule has 1 aromatic carbocycles. The van der Waals surface area contributed by atoms with Gasteiger partial charge in [-0.3, -0.25) is 9.59 Å². The van der Waals surface area contributed by atoms with Crippen molar-refractivity contribution in [3.63, 3.8) is 0 Å². The average Bonchev–Trinajstić information content (AvgIpc) is 3.11. The minimum absolute atomic E-state index is 0.328. The van der Waals surface area contributed by atoms with E-state index >= 15 is 0 Å². The van der Waals surface area contributed by atoms with Crippen LogP contribution in [0.2, 0.25) is 5.02 Å². The fraction of sp³-hybridized carbons (Fsp3) is 0.579. The fourth-order valence-corrected chi connectivity index (χ4v) is 6.29. The summed E-state index contributed by atoms with van der Waals surface area (Å²) in [5.74, 6) is -8.41. The number of hydrogen-bond donors (Lipinski definition) is 1. The van der Waals surface area contributed by atoms with Gasteiger partial charge in [-0.1, -0.05) is 11.6 Å². The molecule has 14 heteroatoms. The summed E-state index contributed by atoms with van der Waals surface area (Å²) < 4.78 is 95.1. The van der Waals surface area contributed by atoms with Crippen LogP contribution in [0.5, 0.6) is 5.75 Å². The Morgan fingerprint density at radius 2 is 1.79 bits per heavy atom. The van der Waals surface area contributed by atoms with E-state index in [1.807, 2.05) is 0 Å². The molecule has 0 unspecified atom stereocenters. The van der Waals surface area contributed by atoms with Gasteiger partial charge >= 0.3 is 12.1 Å². The Morgan fingerprint density at radius 1 is 1.21 bits per heavy atom. The highest BCUT2D eigenvalue weighted by Crippen LogP contribution is 2.42. The second kappa shape index (κ2) is 8.57. The van der Waals surface area contributed by atoms with E-state index in [-0.39, 0.29) is 5.75 Å². The van der Waals surface area contributed by atoms with Crippen molar-refractivity contribution in [3.05, 3.63) is 23.2 Å². The minimum Gasteiger partial charge on any atom is -0.481 e. The molecule has 1 amide bonds. The van der Waals surface area contributed by atoms with E-state index < -0.39 is 92.9 Å². The van der Waals surface area contributed by atoms with Crippen LogP contribution in [0, 0.1) is 11.8 Å². The number of rotatable bonds is 6. The second-order valence-electron chi connectivity index (χ2n) is 8.13. The molecule has 7 nitrogen and oxygen atoms in total. The maximum Gasteiger partial charge on any atom is 0.425 e. The highest BCUT2D eigenvalue weighted by molar-refractivity contribution is 7.92. The monoisotopic (exact) mass is 519 g/mol. The molecule has 1 N–H and O–H groups in total. The van der Waals surface area contributed by atoms with Crippen molar-refractivity contribution in [1.29, 1.82) is 0 Å². The number of alkyl halides is 5. The molecule has 0 spiro atoms. The number of carboxylic acid groups (broad SMARTS) is 1. The van der Waals surface area contributed by atoms with Crippen molar-refractivity contribution in [3.8, 4) is 5.75 Å². The molecule has 3 rings (SSSR count). The highest BCUT2D eigenvalue weighted by Gasteiger charge is 2.53. The number of amides is 1. The number of carbonyl (C=O) groups is 2. The number of carbonyl (C=O) groups excluding carboxylic acids is 1. The van der Waals surface area contributed by atoms with Crippen LogP contribution in [0.1, 0.15) is 19.8 Å². The number of halogens is 6. The zero-order chi connectivity index (χ0) is 24.9. The number of aliphatic carboxylic acids is 1. The second-order valence-corrected chi connectivity index (χ2v) is 10.7. The molecule has 0 aromatic heterocycles. The molecule has 2 fully saturated rings. The fourth-order valence-electron chi connectivity index (χ4n) is 3.93. The third-order valence-corrected chi connectivity index (χ3v) is 8.39. The summed E-state index contributed by atoms with van der Waals surface area (Å²) in [4.78, 5) is 24.5. The average molecular weight is 520 g/mol. The van der Waals surface area contributed by atoms with Crippen molar-refractivity contribution in [2.45, 2.75) is 48.1 Å². The summed E-state index contributed by atoms with van der Waals surface area (Å²) in [6.45, 7) is -0.972. The lowest BCUT2D eigenvalue weighted by atomic mass is 9.93. The van der Waals surface area contributed by atoms with E-state index in [1.165, 1.54) is 0 Å². The Labute approximate surface area is 190 Å². The van der Waals surface area contributed by atoms with Gasteiger partial charge in [0.25, 0.3) is 5.92 Å². The summed E-state index contributed by atoms with van der Waals surface area (Å²) in [6.07, 6.45) is -7.70. The Balaban J connectivity index is 1.81. The van der Waals surface area contributed by atoms with Crippen molar-refractivity contribution in [2.75, 3.05) is 13.1 Å². The van der Waals surface area contributed by atoms with Gasteiger partial charge in [0.2, 0.25) is 5.91 Å². The van der Waals surface area contributed by atoms with E-state index in [0.717, 1.165) is 30.0 Å². The maximum atomic E-state index is 13.1. The van der Waals surface area contributed by atoms with Gasteiger partial charge in [-0.25, -0.2) is 17.2 Å². The standard InChI is InChI=1S/C19H19ClF5NO6S/c1-9(19(23,24)25)32-10-2-3-15(14(20)4-10)33(30,31)11-5-12(13(6-11)17(28)29)16(27)26-7-18(21,22)8-26/h2-4,9,11-13H,5-8H2,1H3,(H,28,29)/t9-,11+,12+,13+/m0/s1. The first-order chi connectivity index (χ1) is 15.0. The summed E-state index contributed by atoms with van der Waals surface area (Å²) in [5, 5.41) is 7.66. The first-order valence-corrected chi connectivity index (χ1v) is 11.6. The molecule has 2 aliphatic rings. The topological polar surface area (TPSA) is 101 Å². The highest BCUT2D eigenvalue weighted by atomic mass is 35.5. The molecule has 0 radical (unpaired) electrons. The number of benzene rings is 1. The van der Waals surface area contributed by atoms with Gasteiger partial charge in [-0.05, 0) is 31.9 Å². The first kappa shape index (κ1) is 25.5. The third-order valence-electron chi connectivity index (χ3n) is 5.73. The lowest BCUT2D eigenvalue weighted by molar-refractivity contribution is -0.189.